The molecule has 1 rings (SSSR count). The summed E-state index contributed by atoms with van der Waals surface area (Å²) in [5.41, 5.74) is 0.899. The maximum atomic E-state index is 9.22. The summed E-state index contributed by atoms with van der Waals surface area (Å²) < 4.78 is 0. The van der Waals surface area contributed by atoms with Crippen molar-refractivity contribution in [2.24, 2.45) is 0 Å². The quantitative estimate of drug-likeness (QED) is 0.616. The lowest BCUT2D eigenvalue weighted by Gasteiger charge is -2.15. The average molecular weight is 197 g/mol. The lowest BCUT2D eigenvalue weighted by atomic mass is 10.2. The van der Waals surface area contributed by atoms with Crippen LogP contribution in [0.2, 0.25) is 0 Å². The third kappa shape index (κ3) is 2.90. The summed E-state index contributed by atoms with van der Waals surface area (Å²) in [4.78, 5) is 1.92. The largest absolute Gasteiger partial charge is 0.504 e. The molecule has 0 saturated heterocycles. The van der Waals surface area contributed by atoms with Crippen LogP contribution in [0.15, 0.2) is 18.2 Å². The van der Waals surface area contributed by atoms with Crippen molar-refractivity contribution >= 4 is 0 Å². The lowest BCUT2D eigenvalue weighted by molar-refractivity contribution is 0.217. The van der Waals surface area contributed by atoms with Crippen LogP contribution in [0.4, 0.5) is 0 Å². The number of hydrogen-bond acceptors (Lipinski definition) is 4. The van der Waals surface area contributed by atoms with Crippen molar-refractivity contribution in [3.8, 4) is 11.5 Å². The number of aromatic hydroxyl groups is 2. The Morgan fingerprint density at radius 3 is 2.50 bits per heavy atom. The van der Waals surface area contributed by atoms with E-state index < -0.39 is 0 Å². The van der Waals surface area contributed by atoms with E-state index in [9.17, 15) is 5.11 Å². The summed E-state index contributed by atoms with van der Waals surface area (Å²) in [5, 5.41) is 27.0. The van der Waals surface area contributed by atoms with Crippen molar-refractivity contribution in [2.75, 3.05) is 20.2 Å². The minimum Gasteiger partial charge on any atom is -0.504 e. The van der Waals surface area contributed by atoms with Crippen LogP contribution in [0, 0.1) is 0 Å². The molecule has 1 aromatic rings. The van der Waals surface area contributed by atoms with E-state index in [0.717, 1.165) is 5.56 Å². The molecule has 1 aromatic carbocycles. The second kappa shape index (κ2) is 4.83. The maximum Gasteiger partial charge on any atom is 0.157 e. The van der Waals surface area contributed by atoms with E-state index in [1.807, 2.05) is 11.9 Å². The monoisotopic (exact) mass is 197 g/mol. The number of rotatable bonds is 4. The highest BCUT2D eigenvalue weighted by molar-refractivity contribution is 5.40. The van der Waals surface area contributed by atoms with Crippen LogP contribution in [-0.4, -0.2) is 40.4 Å². The Morgan fingerprint density at radius 1 is 1.21 bits per heavy atom. The number of phenols is 2. The summed E-state index contributed by atoms with van der Waals surface area (Å²) in [6.07, 6.45) is 0. The van der Waals surface area contributed by atoms with Crippen LogP contribution < -0.4 is 0 Å². The van der Waals surface area contributed by atoms with Crippen LogP contribution in [0.5, 0.6) is 11.5 Å². The number of nitrogens with zero attached hydrogens (tertiary/aromatic N) is 1. The second-order valence-corrected chi connectivity index (χ2v) is 3.28. The van der Waals surface area contributed by atoms with E-state index in [1.54, 1.807) is 6.07 Å². The molecule has 0 aliphatic rings. The van der Waals surface area contributed by atoms with Gasteiger partial charge in [-0.1, -0.05) is 6.07 Å². The van der Waals surface area contributed by atoms with Gasteiger partial charge in [0.15, 0.2) is 11.5 Å². The molecule has 0 spiro atoms. The average Bonchev–Trinajstić information content (AvgIpc) is 2.12. The molecule has 4 nitrogen and oxygen atoms in total. The fourth-order valence-electron chi connectivity index (χ4n) is 1.23. The van der Waals surface area contributed by atoms with Gasteiger partial charge in [-0.05, 0) is 24.7 Å². The Labute approximate surface area is 83.0 Å². The first-order valence-electron chi connectivity index (χ1n) is 4.43. The zero-order valence-electron chi connectivity index (χ0n) is 8.14. The Balaban J connectivity index is 2.63. The standard InChI is InChI=1S/C10H15NO3/c1-11(4-5-12)7-8-2-3-9(13)10(14)6-8/h2-3,6,12-14H,4-5,7H2,1H3. The Kier molecular flexibility index (Phi) is 3.73. The molecule has 0 aromatic heterocycles. The van der Waals surface area contributed by atoms with Gasteiger partial charge in [0.1, 0.15) is 0 Å². The predicted molar refractivity (Wildman–Crippen MR) is 53.2 cm³/mol. The van der Waals surface area contributed by atoms with Crippen molar-refractivity contribution in [3.05, 3.63) is 23.8 Å². The van der Waals surface area contributed by atoms with Gasteiger partial charge in [-0.2, -0.15) is 0 Å². The zero-order chi connectivity index (χ0) is 10.6. The number of hydrogen-bond donors (Lipinski definition) is 3. The van der Waals surface area contributed by atoms with Gasteiger partial charge in [-0.3, -0.25) is 4.90 Å². The fraction of sp³-hybridized carbons (Fsp3) is 0.400. The molecule has 0 unspecified atom stereocenters. The molecule has 3 N–H and O–H groups in total. The van der Waals surface area contributed by atoms with Crippen LogP contribution >= 0.6 is 0 Å². The molecule has 0 radical (unpaired) electrons. The highest BCUT2D eigenvalue weighted by atomic mass is 16.3. The smallest absolute Gasteiger partial charge is 0.157 e. The SMILES string of the molecule is CN(CCO)Cc1ccc(O)c(O)c1. The van der Waals surface area contributed by atoms with Crippen LogP contribution in [0.1, 0.15) is 5.56 Å². The van der Waals surface area contributed by atoms with Crippen LogP contribution in [0.3, 0.4) is 0 Å². The van der Waals surface area contributed by atoms with Gasteiger partial charge in [0, 0.05) is 13.1 Å². The number of aliphatic hydroxyl groups excluding tert-OH is 1. The molecular formula is C10H15NO3. The highest BCUT2D eigenvalue weighted by Gasteiger charge is 2.03. The van der Waals surface area contributed by atoms with Gasteiger partial charge in [-0.15, -0.1) is 0 Å². The van der Waals surface area contributed by atoms with Crippen LogP contribution in [0.25, 0.3) is 0 Å². The third-order valence-corrected chi connectivity index (χ3v) is 1.97. The van der Waals surface area contributed by atoms with Crippen LogP contribution in [-0.2, 0) is 6.54 Å². The van der Waals surface area contributed by atoms with E-state index >= 15 is 0 Å². The van der Waals surface area contributed by atoms with E-state index in [2.05, 4.69) is 0 Å². The molecule has 0 bridgehead atoms. The van der Waals surface area contributed by atoms with Gasteiger partial charge < -0.3 is 15.3 Å². The normalized spacial score (nSPS) is 10.8. The molecule has 0 aliphatic carbocycles. The van der Waals surface area contributed by atoms with Gasteiger partial charge in [0.2, 0.25) is 0 Å². The summed E-state index contributed by atoms with van der Waals surface area (Å²) in [6.45, 7) is 1.33. The molecule has 0 saturated carbocycles. The van der Waals surface area contributed by atoms with Crippen molar-refractivity contribution in [1.29, 1.82) is 0 Å². The van der Waals surface area contributed by atoms with Crippen molar-refractivity contribution in [3.63, 3.8) is 0 Å². The minimum atomic E-state index is -0.112. The first-order valence-corrected chi connectivity index (χ1v) is 4.43. The summed E-state index contributed by atoms with van der Waals surface area (Å²) in [6, 6.07) is 4.71. The lowest BCUT2D eigenvalue weighted by Crippen LogP contribution is -2.21. The van der Waals surface area contributed by atoms with E-state index in [1.165, 1.54) is 12.1 Å². The Morgan fingerprint density at radius 2 is 1.93 bits per heavy atom. The fourth-order valence-corrected chi connectivity index (χ4v) is 1.23. The number of likely N-dealkylation sites (N-methyl/N-ethyl adjacent to an activating group) is 1. The van der Waals surface area contributed by atoms with Crippen molar-refractivity contribution in [2.45, 2.75) is 6.54 Å². The van der Waals surface area contributed by atoms with Gasteiger partial charge in [-0.25, -0.2) is 0 Å². The zero-order valence-corrected chi connectivity index (χ0v) is 8.14. The summed E-state index contributed by atoms with van der Waals surface area (Å²) >= 11 is 0. The van der Waals surface area contributed by atoms with E-state index in [0.29, 0.717) is 13.1 Å². The first kappa shape index (κ1) is 10.8. The van der Waals surface area contributed by atoms with Gasteiger partial charge in [0.05, 0.1) is 6.61 Å². The van der Waals surface area contributed by atoms with Gasteiger partial charge in [0.25, 0.3) is 0 Å². The number of phenolic OH excluding ortho intramolecular Hbond substituents is 2. The summed E-state index contributed by atoms with van der Waals surface area (Å²) in [7, 11) is 1.88. The first-order chi connectivity index (χ1) is 6.63. The molecule has 0 atom stereocenters. The molecule has 4 heteroatoms. The van der Waals surface area contributed by atoms with Gasteiger partial charge >= 0.3 is 0 Å². The molecule has 0 amide bonds. The molecule has 0 aliphatic heterocycles. The summed E-state index contributed by atoms with van der Waals surface area (Å²) in [5.74, 6) is -0.224. The highest BCUT2D eigenvalue weighted by Crippen LogP contribution is 2.25. The Hall–Kier alpha value is -1.26. The third-order valence-electron chi connectivity index (χ3n) is 1.97. The molecule has 0 fully saturated rings. The topological polar surface area (TPSA) is 63.9 Å². The maximum absolute atomic E-state index is 9.22. The van der Waals surface area contributed by atoms with Crippen molar-refractivity contribution in [1.82, 2.24) is 4.90 Å². The predicted octanol–water partition coefficient (Wildman–Crippen LogP) is 0.522. The molecule has 78 valence electrons. The Bertz CT molecular complexity index is 301. The molecular weight excluding hydrogens is 182 g/mol. The van der Waals surface area contributed by atoms with E-state index in [4.69, 9.17) is 10.2 Å². The van der Waals surface area contributed by atoms with Crippen molar-refractivity contribution < 1.29 is 15.3 Å². The molecule has 0 heterocycles. The minimum absolute atomic E-state index is 0.111. The second-order valence-electron chi connectivity index (χ2n) is 3.28. The number of aliphatic hydroxyl groups is 1. The van der Waals surface area contributed by atoms with E-state index in [-0.39, 0.29) is 18.1 Å². The number of benzene rings is 1. The molecule has 14 heavy (non-hydrogen) atoms.